The highest BCUT2D eigenvalue weighted by atomic mass is 16.5. The summed E-state index contributed by atoms with van der Waals surface area (Å²) in [7, 11) is 0. The lowest BCUT2D eigenvalue weighted by Gasteiger charge is -2.31. The van der Waals surface area contributed by atoms with Gasteiger partial charge in [-0.1, -0.05) is 61.4 Å². The van der Waals surface area contributed by atoms with Crippen molar-refractivity contribution in [1.29, 1.82) is 0 Å². The van der Waals surface area contributed by atoms with Crippen LogP contribution in [0.4, 0.5) is 4.79 Å². The molecule has 0 spiro atoms. The highest BCUT2D eigenvalue weighted by Gasteiger charge is 2.31. The molecule has 0 bridgehead atoms. The summed E-state index contributed by atoms with van der Waals surface area (Å²) in [4.78, 5) is 35.5. The largest absolute Gasteiger partial charge is 0.480 e. The van der Waals surface area contributed by atoms with Crippen molar-refractivity contribution in [2.24, 2.45) is 5.92 Å². The Kier molecular flexibility index (Phi) is 8.36. The minimum atomic E-state index is -1.04. The van der Waals surface area contributed by atoms with Crippen LogP contribution in [-0.2, 0) is 19.1 Å². The van der Waals surface area contributed by atoms with Crippen molar-refractivity contribution in [3.63, 3.8) is 0 Å². The maximum atomic E-state index is 12.7. The summed E-state index contributed by atoms with van der Waals surface area (Å²) in [6, 6.07) is 16.3. The van der Waals surface area contributed by atoms with E-state index in [0.717, 1.165) is 25.7 Å². The summed E-state index contributed by atoms with van der Waals surface area (Å²) in [5, 5.41) is 14.3. The number of rotatable bonds is 10. The summed E-state index contributed by atoms with van der Waals surface area (Å²) in [6.45, 7) is 0.270. The topological polar surface area (TPSA) is 114 Å². The average Bonchev–Trinajstić information content (AvgIpc) is 3.17. The quantitative estimate of drug-likeness (QED) is 0.447. The lowest BCUT2D eigenvalue weighted by molar-refractivity contribution is -0.142. The van der Waals surface area contributed by atoms with Gasteiger partial charge in [-0.3, -0.25) is 4.79 Å². The highest BCUT2D eigenvalue weighted by Crippen LogP contribution is 2.44. The molecular weight excluding hydrogens is 448 g/mol. The SMILES string of the molecule is O=C(O)COCCNC(=O)C[C@H]1CCCC[C@H]1NC(=O)OCC1c2ccccc2-c2ccccc21. The molecule has 0 aromatic heterocycles. The van der Waals surface area contributed by atoms with Crippen LogP contribution in [0, 0.1) is 5.92 Å². The van der Waals surface area contributed by atoms with Crippen LogP contribution in [0.1, 0.15) is 49.1 Å². The molecule has 4 rings (SSSR count). The van der Waals surface area contributed by atoms with Gasteiger partial charge in [0.1, 0.15) is 13.2 Å². The number of benzene rings is 2. The zero-order chi connectivity index (χ0) is 24.6. The van der Waals surface area contributed by atoms with E-state index in [-0.39, 0.29) is 50.2 Å². The van der Waals surface area contributed by atoms with Gasteiger partial charge in [0.05, 0.1) is 6.61 Å². The second-order valence-electron chi connectivity index (χ2n) is 9.12. The van der Waals surface area contributed by atoms with E-state index in [1.54, 1.807) is 0 Å². The minimum absolute atomic E-state index is 0.00410. The summed E-state index contributed by atoms with van der Waals surface area (Å²) >= 11 is 0. The van der Waals surface area contributed by atoms with Gasteiger partial charge in [-0.25, -0.2) is 9.59 Å². The van der Waals surface area contributed by atoms with Crippen molar-refractivity contribution in [3.05, 3.63) is 59.7 Å². The van der Waals surface area contributed by atoms with E-state index in [4.69, 9.17) is 14.6 Å². The highest BCUT2D eigenvalue weighted by molar-refractivity contribution is 5.79. The molecule has 1 saturated carbocycles. The number of aliphatic carboxylic acids is 1. The summed E-state index contributed by atoms with van der Waals surface area (Å²) < 4.78 is 10.6. The van der Waals surface area contributed by atoms with Gasteiger partial charge in [0.2, 0.25) is 5.91 Å². The number of hydrogen-bond donors (Lipinski definition) is 3. The Hall–Kier alpha value is -3.39. The van der Waals surface area contributed by atoms with Crippen LogP contribution in [0.3, 0.4) is 0 Å². The second-order valence-corrected chi connectivity index (χ2v) is 9.12. The third-order valence-corrected chi connectivity index (χ3v) is 6.80. The predicted molar refractivity (Wildman–Crippen MR) is 130 cm³/mol. The molecule has 2 aliphatic rings. The summed E-state index contributed by atoms with van der Waals surface area (Å²) in [5.74, 6) is -1.13. The van der Waals surface area contributed by atoms with Crippen LogP contribution in [0.25, 0.3) is 11.1 Å². The molecule has 35 heavy (non-hydrogen) atoms. The first-order valence-corrected chi connectivity index (χ1v) is 12.2. The first kappa shape index (κ1) is 24.7. The van der Waals surface area contributed by atoms with Crippen LogP contribution < -0.4 is 10.6 Å². The van der Waals surface area contributed by atoms with E-state index < -0.39 is 12.1 Å². The predicted octanol–water partition coefficient (Wildman–Crippen LogP) is 3.69. The molecule has 0 aliphatic heterocycles. The van der Waals surface area contributed by atoms with Gasteiger partial charge >= 0.3 is 12.1 Å². The number of carbonyl (C=O) groups is 3. The van der Waals surface area contributed by atoms with E-state index in [1.165, 1.54) is 22.3 Å². The van der Waals surface area contributed by atoms with Crippen molar-refractivity contribution in [2.45, 2.75) is 44.1 Å². The monoisotopic (exact) mass is 480 g/mol. The fourth-order valence-corrected chi connectivity index (χ4v) is 5.17. The summed E-state index contributed by atoms with van der Waals surface area (Å²) in [5.41, 5.74) is 4.70. The van der Waals surface area contributed by atoms with Crippen molar-refractivity contribution in [1.82, 2.24) is 10.6 Å². The van der Waals surface area contributed by atoms with E-state index >= 15 is 0 Å². The average molecular weight is 481 g/mol. The third kappa shape index (κ3) is 6.39. The molecule has 2 aromatic rings. The van der Waals surface area contributed by atoms with Crippen LogP contribution in [0.15, 0.2) is 48.5 Å². The maximum Gasteiger partial charge on any atom is 0.407 e. The van der Waals surface area contributed by atoms with Crippen molar-refractivity contribution < 1.29 is 29.0 Å². The number of alkyl carbamates (subject to hydrolysis) is 1. The number of nitrogens with one attached hydrogen (secondary N) is 2. The standard InChI is InChI=1S/C27H32N2O6/c30-25(28-13-14-34-17-26(31)32)15-18-7-1-6-12-24(18)29-27(33)35-16-23-21-10-4-2-8-19(21)20-9-3-5-11-22(20)23/h2-5,8-11,18,23-24H,1,6-7,12-17H2,(H,28,30)(H,29,33)(H,31,32)/t18-,24-/m1/s1. The van der Waals surface area contributed by atoms with E-state index in [1.807, 2.05) is 24.3 Å². The smallest absolute Gasteiger partial charge is 0.407 e. The van der Waals surface area contributed by atoms with Crippen molar-refractivity contribution in [2.75, 3.05) is 26.4 Å². The van der Waals surface area contributed by atoms with Gasteiger partial charge in [0.15, 0.2) is 0 Å². The Morgan fingerprint density at radius 1 is 0.943 bits per heavy atom. The first-order chi connectivity index (χ1) is 17.0. The molecule has 0 unspecified atom stereocenters. The number of carbonyl (C=O) groups excluding carboxylic acids is 2. The second kappa shape index (κ2) is 11.8. The molecule has 1 fully saturated rings. The maximum absolute atomic E-state index is 12.7. The van der Waals surface area contributed by atoms with Gasteiger partial charge in [0.25, 0.3) is 0 Å². The fraction of sp³-hybridized carbons (Fsp3) is 0.444. The number of fused-ring (bicyclic) bond motifs is 3. The van der Waals surface area contributed by atoms with Crippen LogP contribution in [0.5, 0.6) is 0 Å². The summed E-state index contributed by atoms with van der Waals surface area (Å²) in [6.07, 6.45) is 3.53. The molecule has 2 atom stereocenters. The normalized spacial score (nSPS) is 18.9. The lowest BCUT2D eigenvalue weighted by atomic mass is 9.82. The molecule has 2 aromatic carbocycles. The molecule has 0 heterocycles. The molecule has 2 amide bonds. The molecule has 8 heteroatoms. The van der Waals surface area contributed by atoms with Gasteiger partial charge in [-0.05, 0) is 41.0 Å². The van der Waals surface area contributed by atoms with Crippen LogP contribution >= 0.6 is 0 Å². The molecule has 2 aliphatic carbocycles. The Balaban J connectivity index is 1.27. The van der Waals surface area contributed by atoms with E-state index in [2.05, 4.69) is 34.9 Å². The number of hydrogen-bond acceptors (Lipinski definition) is 5. The molecule has 8 nitrogen and oxygen atoms in total. The van der Waals surface area contributed by atoms with Gasteiger partial charge in [-0.15, -0.1) is 0 Å². The molecule has 3 N–H and O–H groups in total. The Morgan fingerprint density at radius 2 is 1.60 bits per heavy atom. The van der Waals surface area contributed by atoms with Gasteiger partial charge < -0.3 is 25.2 Å². The molecule has 0 radical (unpaired) electrons. The molecular formula is C27H32N2O6. The zero-order valence-electron chi connectivity index (χ0n) is 19.7. The Morgan fingerprint density at radius 3 is 2.29 bits per heavy atom. The first-order valence-electron chi connectivity index (χ1n) is 12.2. The number of carboxylic acids is 1. The molecule has 0 saturated heterocycles. The Labute approximate surface area is 205 Å². The minimum Gasteiger partial charge on any atom is -0.480 e. The van der Waals surface area contributed by atoms with Crippen molar-refractivity contribution >= 4 is 18.0 Å². The number of ether oxygens (including phenoxy) is 2. The van der Waals surface area contributed by atoms with Crippen LogP contribution in [-0.4, -0.2) is 55.5 Å². The van der Waals surface area contributed by atoms with Gasteiger partial charge in [0, 0.05) is 24.9 Å². The van der Waals surface area contributed by atoms with Gasteiger partial charge in [-0.2, -0.15) is 0 Å². The van der Waals surface area contributed by atoms with E-state index in [9.17, 15) is 14.4 Å². The number of carboxylic acid groups (broad SMARTS) is 1. The zero-order valence-corrected chi connectivity index (χ0v) is 19.7. The fourth-order valence-electron chi connectivity index (χ4n) is 5.17. The lowest BCUT2D eigenvalue weighted by Crippen LogP contribution is -2.44. The molecule has 186 valence electrons. The van der Waals surface area contributed by atoms with Crippen molar-refractivity contribution in [3.8, 4) is 11.1 Å². The Bertz CT molecular complexity index is 1010. The third-order valence-electron chi connectivity index (χ3n) is 6.80. The number of amides is 2. The van der Waals surface area contributed by atoms with Crippen LogP contribution in [0.2, 0.25) is 0 Å². The van der Waals surface area contributed by atoms with E-state index in [0.29, 0.717) is 6.42 Å².